The number of nitrogens with one attached hydrogen (secondary N) is 1. The quantitative estimate of drug-likeness (QED) is 0.678. The van der Waals surface area contributed by atoms with Crippen LogP contribution in [-0.2, 0) is 19.3 Å². The van der Waals surface area contributed by atoms with Crippen molar-refractivity contribution in [2.75, 3.05) is 14.1 Å². The lowest BCUT2D eigenvalue weighted by Crippen LogP contribution is -2.19. The number of alkyl halides is 3. The Balaban J connectivity index is 1.61. The number of carbonyl (C=O) groups excluding carboxylic acids is 1. The molecule has 0 aliphatic carbocycles. The van der Waals surface area contributed by atoms with E-state index in [1.807, 2.05) is 24.1 Å². The molecule has 0 saturated heterocycles. The molecule has 0 aliphatic heterocycles. The van der Waals surface area contributed by atoms with Gasteiger partial charge in [0.15, 0.2) is 0 Å². The van der Waals surface area contributed by atoms with Crippen LogP contribution < -0.4 is 5.32 Å². The van der Waals surface area contributed by atoms with Crippen molar-refractivity contribution in [2.24, 2.45) is 0 Å². The molecule has 0 spiro atoms. The van der Waals surface area contributed by atoms with Gasteiger partial charge in [-0.15, -0.1) is 0 Å². The standard InChI is InChI=1S/C20H19F3N4O2/c1-24-19(28)15-5-3-13(4-6-15)11-27(2)12-17-25-18(26-29-17)14-7-9-16(10-8-14)20(21,22)23/h3-10H,11-12H2,1-2H3,(H,24,28). The van der Waals surface area contributed by atoms with E-state index in [4.69, 9.17) is 4.52 Å². The van der Waals surface area contributed by atoms with Crippen molar-refractivity contribution >= 4 is 5.91 Å². The molecule has 0 atom stereocenters. The van der Waals surface area contributed by atoms with Crippen molar-refractivity contribution in [1.82, 2.24) is 20.4 Å². The molecule has 0 unspecified atom stereocenters. The molecule has 2 aromatic carbocycles. The Bertz CT molecular complexity index is 967. The van der Waals surface area contributed by atoms with Crippen LogP contribution in [0.4, 0.5) is 13.2 Å². The molecule has 29 heavy (non-hydrogen) atoms. The normalized spacial score (nSPS) is 11.7. The molecule has 1 aromatic heterocycles. The Morgan fingerprint density at radius 1 is 1.07 bits per heavy atom. The number of nitrogens with zero attached hydrogens (tertiary/aromatic N) is 3. The summed E-state index contributed by atoms with van der Waals surface area (Å²) in [6.45, 7) is 0.955. The van der Waals surface area contributed by atoms with Crippen molar-refractivity contribution in [2.45, 2.75) is 19.3 Å². The van der Waals surface area contributed by atoms with Crippen molar-refractivity contribution in [3.05, 3.63) is 71.1 Å². The van der Waals surface area contributed by atoms with E-state index in [-0.39, 0.29) is 11.7 Å². The summed E-state index contributed by atoms with van der Waals surface area (Å²) in [4.78, 5) is 17.8. The first-order chi connectivity index (χ1) is 13.8. The minimum atomic E-state index is -4.39. The van der Waals surface area contributed by atoms with Crippen LogP contribution in [0.25, 0.3) is 11.4 Å². The fraction of sp³-hybridized carbons (Fsp3) is 0.250. The smallest absolute Gasteiger partial charge is 0.355 e. The molecule has 0 fully saturated rings. The molecule has 0 saturated carbocycles. The number of carbonyl (C=O) groups is 1. The maximum atomic E-state index is 12.7. The average Bonchev–Trinajstić information content (AvgIpc) is 3.15. The van der Waals surface area contributed by atoms with Crippen LogP contribution in [-0.4, -0.2) is 35.0 Å². The fourth-order valence-corrected chi connectivity index (χ4v) is 2.75. The van der Waals surface area contributed by atoms with Crippen LogP contribution in [0.15, 0.2) is 53.1 Å². The second-order valence-electron chi connectivity index (χ2n) is 6.54. The van der Waals surface area contributed by atoms with Crippen LogP contribution in [0, 0.1) is 0 Å². The maximum Gasteiger partial charge on any atom is 0.416 e. The zero-order valence-electron chi connectivity index (χ0n) is 15.8. The topological polar surface area (TPSA) is 71.3 Å². The first-order valence-electron chi connectivity index (χ1n) is 8.76. The summed E-state index contributed by atoms with van der Waals surface area (Å²) < 4.78 is 43.2. The lowest BCUT2D eigenvalue weighted by Gasteiger charge is -2.14. The van der Waals surface area contributed by atoms with Gasteiger partial charge in [-0.1, -0.05) is 29.4 Å². The molecule has 1 N–H and O–H groups in total. The molecular weight excluding hydrogens is 385 g/mol. The largest absolute Gasteiger partial charge is 0.416 e. The summed E-state index contributed by atoms with van der Waals surface area (Å²) in [5.41, 5.74) is 1.30. The first kappa shape index (κ1) is 20.5. The van der Waals surface area contributed by atoms with E-state index in [1.165, 1.54) is 12.1 Å². The molecular formula is C20H19F3N4O2. The number of amides is 1. The van der Waals surface area contributed by atoms with Crippen LogP contribution in [0.2, 0.25) is 0 Å². The molecule has 6 nitrogen and oxygen atoms in total. The van der Waals surface area contributed by atoms with Gasteiger partial charge in [0.2, 0.25) is 11.7 Å². The first-order valence-corrected chi connectivity index (χ1v) is 8.76. The number of aromatic nitrogens is 2. The van der Waals surface area contributed by atoms with Crippen molar-refractivity contribution in [1.29, 1.82) is 0 Å². The van der Waals surface area contributed by atoms with Crippen molar-refractivity contribution in [3.8, 4) is 11.4 Å². The van der Waals surface area contributed by atoms with Crippen molar-refractivity contribution in [3.63, 3.8) is 0 Å². The third kappa shape index (κ3) is 5.20. The number of halogens is 3. The lowest BCUT2D eigenvalue weighted by atomic mass is 10.1. The highest BCUT2D eigenvalue weighted by Crippen LogP contribution is 2.30. The van der Waals surface area contributed by atoms with E-state index < -0.39 is 11.7 Å². The van der Waals surface area contributed by atoms with E-state index in [1.54, 1.807) is 19.2 Å². The van der Waals surface area contributed by atoms with E-state index >= 15 is 0 Å². The Morgan fingerprint density at radius 2 is 1.72 bits per heavy atom. The highest BCUT2D eigenvalue weighted by Gasteiger charge is 2.30. The minimum absolute atomic E-state index is 0.147. The van der Waals surface area contributed by atoms with Crippen LogP contribution in [0.5, 0.6) is 0 Å². The SMILES string of the molecule is CNC(=O)c1ccc(CN(C)Cc2nc(-c3ccc(C(F)(F)F)cc3)no2)cc1. The number of benzene rings is 2. The Hall–Kier alpha value is -3.20. The highest BCUT2D eigenvalue weighted by molar-refractivity contribution is 5.93. The molecule has 3 rings (SSSR count). The van der Waals surface area contributed by atoms with Gasteiger partial charge in [0, 0.05) is 24.7 Å². The van der Waals surface area contributed by atoms with E-state index in [0.29, 0.717) is 30.1 Å². The zero-order valence-corrected chi connectivity index (χ0v) is 15.8. The van der Waals surface area contributed by atoms with Gasteiger partial charge in [0.25, 0.3) is 5.91 Å². The monoisotopic (exact) mass is 404 g/mol. The van der Waals surface area contributed by atoms with Gasteiger partial charge >= 0.3 is 6.18 Å². The van der Waals surface area contributed by atoms with Gasteiger partial charge in [-0.05, 0) is 36.9 Å². The van der Waals surface area contributed by atoms with Crippen molar-refractivity contribution < 1.29 is 22.5 Å². The van der Waals surface area contributed by atoms with Gasteiger partial charge in [-0.2, -0.15) is 18.2 Å². The highest BCUT2D eigenvalue weighted by atomic mass is 19.4. The zero-order chi connectivity index (χ0) is 21.0. The Labute approximate surface area is 165 Å². The molecule has 1 heterocycles. The second-order valence-corrected chi connectivity index (χ2v) is 6.54. The van der Waals surface area contributed by atoms with Gasteiger partial charge in [0.05, 0.1) is 12.1 Å². The Kier molecular flexibility index (Phi) is 5.97. The second kappa shape index (κ2) is 8.44. The fourth-order valence-electron chi connectivity index (χ4n) is 2.75. The van der Waals surface area contributed by atoms with Gasteiger partial charge in [-0.3, -0.25) is 9.69 Å². The summed E-state index contributed by atoms with van der Waals surface area (Å²) in [6, 6.07) is 11.8. The average molecular weight is 404 g/mol. The van der Waals surface area contributed by atoms with E-state index in [9.17, 15) is 18.0 Å². The predicted octanol–water partition coefficient (Wildman–Crippen LogP) is 3.75. The molecule has 152 valence electrons. The molecule has 0 aliphatic rings. The Morgan fingerprint density at radius 3 is 2.31 bits per heavy atom. The number of rotatable bonds is 6. The van der Waals surface area contributed by atoms with Gasteiger partial charge in [-0.25, -0.2) is 0 Å². The summed E-state index contributed by atoms with van der Waals surface area (Å²) in [7, 11) is 3.45. The molecule has 1 amide bonds. The summed E-state index contributed by atoms with van der Waals surface area (Å²) in [5, 5.41) is 6.41. The molecule has 9 heteroatoms. The van der Waals surface area contributed by atoms with Gasteiger partial charge in [0.1, 0.15) is 0 Å². The summed E-state index contributed by atoms with van der Waals surface area (Å²) in [5.74, 6) is 0.438. The molecule has 3 aromatic rings. The molecule has 0 bridgehead atoms. The third-order valence-electron chi connectivity index (χ3n) is 4.24. The van der Waals surface area contributed by atoms with Crippen LogP contribution in [0.1, 0.15) is 27.4 Å². The van der Waals surface area contributed by atoms with E-state index in [0.717, 1.165) is 17.7 Å². The number of hydrogen-bond acceptors (Lipinski definition) is 5. The lowest BCUT2D eigenvalue weighted by molar-refractivity contribution is -0.137. The molecule has 0 radical (unpaired) electrons. The number of hydrogen-bond donors (Lipinski definition) is 1. The minimum Gasteiger partial charge on any atom is -0.355 e. The van der Waals surface area contributed by atoms with Crippen LogP contribution >= 0.6 is 0 Å². The summed E-state index contributed by atoms with van der Waals surface area (Å²) >= 11 is 0. The predicted molar refractivity (Wildman–Crippen MR) is 99.7 cm³/mol. The third-order valence-corrected chi connectivity index (χ3v) is 4.24. The maximum absolute atomic E-state index is 12.7. The van der Waals surface area contributed by atoms with E-state index in [2.05, 4.69) is 15.5 Å². The van der Waals surface area contributed by atoms with Gasteiger partial charge < -0.3 is 9.84 Å². The summed E-state index contributed by atoms with van der Waals surface area (Å²) in [6.07, 6.45) is -4.39. The van der Waals surface area contributed by atoms with Crippen LogP contribution in [0.3, 0.4) is 0 Å².